The molecule has 0 spiro atoms. The van der Waals surface area contributed by atoms with Crippen molar-refractivity contribution in [1.82, 2.24) is 15.0 Å². The lowest BCUT2D eigenvalue weighted by Gasteiger charge is -2.07. The standard InChI is InChI=1S/C12H13N5O3/c13-5-8-6-17(16-15-8)7-11(18)14-10-4-2-1-3-9(10)12(19)20/h1-4,6H,5,7,13H2,(H,14,18)(H,19,20). The van der Waals surface area contributed by atoms with E-state index in [1.165, 1.54) is 16.8 Å². The maximum atomic E-state index is 11.8. The van der Waals surface area contributed by atoms with Crippen molar-refractivity contribution in [2.45, 2.75) is 13.1 Å². The molecule has 2 aromatic rings. The van der Waals surface area contributed by atoms with Crippen LogP contribution in [-0.4, -0.2) is 32.0 Å². The highest BCUT2D eigenvalue weighted by atomic mass is 16.4. The van der Waals surface area contributed by atoms with Gasteiger partial charge in [-0.2, -0.15) is 0 Å². The number of aromatic nitrogens is 3. The van der Waals surface area contributed by atoms with Crippen LogP contribution in [0.1, 0.15) is 16.1 Å². The van der Waals surface area contributed by atoms with E-state index in [9.17, 15) is 9.59 Å². The van der Waals surface area contributed by atoms with Gasteiger partial charge in [-0.25, -0.2) is 9.48 Å². The molecule has 0 aliphatic carbocycles. The Labute approximate surface area is 114 Å². The first-order valence-corrected chi connectivity index (χ1v) is 5.81. The van der Waals surface area contributed by atoms with Crippen LogP contribution < -0.4 is 11.1 Å². The molecule has 0 unspecified atom stereocenters. The average molecular weight is 275 g/mol. The van der Waals surface area contributed by atoms with Gasteiger partial charge in [0, 0.05) is 6.54 Å². The van der Waals surface area contributed by atoms with Crippen molar-refractivity contribution in [3.8, 4) is 0 Å². The summed E-state index contributed by atoms with van der Waals surface area (Å²) in [4.78, 5) is 22.8. The van der Waals surface area contributed by atoms with Crippen LogP contribution in [-0.2, 0) is 17.9 Å². The number of carbonyl (C=O) groups excluding carboxylic acids is 1. The monoisotopic (exact) mass is 275 g/mol. The van der Waals surface area contributed by atoms with Crippen molar-refractivity contribution in [2.75, 3.05) is 5.32 Å². The van der Waals surface area contributed by atoms with Crippen LogP contribution in [0.5, 0.6) is 0 Å². The molecule has 0 bridgehead atoms. The molecule has 4 N–H and O–H groups in total. The second kappa shape index (κ2) is 5.93. The van der Waals surface area contributed by atoms with Crippen LogP contribution in [0.4, 0.5) is 5.69 Å². The lowest BCUT2D eigenvalue weighted by molar-refractivity contribution is -0.116. The fourth-order valence-corrected chi connectivity index (χ4v) is 1.62. The van der Waals surface area contributed by atoms with Gasteiger partial charge in [0.1, 0.15) is 6.54 Å². The summed E-state index contributed by atoms with van der Waals surface area (Å²) in [5, 5.41) is 19.0. The summed E-state index contributed by atoms with van der Waals surface area (Å²) in [5.74, 6) is -1.50. The smallest absolute Gasteiger partial charge is 0.337 e. The van der Waals surface area contributed by atoms with Crippen LogP contribution in [0.3, 0.4) is 0 Å². The van der Waals surface area contributed by atoms with Gasteiger partial charge in [0.25, 0.3) is 0 Å². The predicted octanol–water partition coefficient (Wildman–Crippen LogP) is 0.0737. The third-order valence-electron chi connectivity index (χ3n) is 2.53. The average Bonchev–Trinajstić information content (AvgIpc) is 2.86. The maximum Gasteiger partial charge on any atom is 0.337 e. The third-order valence-corrected chi connectivity index (χ3v) is 2.53. The van der Waals surface area contributed by atoms with E-state index in [0.29, 0.717) is 5.69 Å². The van der Waals surface area contributed by atoms with Crippen molar-refractivity contribution in [2.24, 2.45) is 5.73 Å². The van der Waals surface area contributed by atoms with Gasteiger partial charge in [-0.3, -0.25) is 4.79 Å². The molecule has 1 aromatic heterocycles. The molecule has 1 amide bonds. The highest BCUT2D eigenvalue weighted by Crippen LogP contribution is 2.14. The molecule has 0 radical (unpaired) electrons. The number of hydrogen-bond donors (Lipinski definition) is 3. The summed E-state index contributed by atoms with van der Waals surface area (Å²) in [6.07, 6.45) is 1.56. The topological polar surface area (TPSA) is 123 Å². The molecule has 0 atom stereocenters. The van der Waals surface area contributed by atoms with Gasteiger partial charge < -0.3 is 16.2 Å². The number of carbonyl (C=O) groups is 2. The zero-order valence-electron chi connectivity index (χ0n) is 10.5. The van der Waals surface area contributed by atoms with E-state index < -0.39 is 11.9 Å². The Bertz CT molecular complexity index is 638. The van der Waals surface area contributed by atoms with Crippen molar-refractivity contribution in [3.63, 3.8) is 0 Å². The molecule has 1 aromatic carbocycles. The Morgan fingerprint density at radius 1 is 1.35 bits per heavy atom. The number of anilines is 1. The van der Waals surface area contributed by atoms with E-state index in [-0.39, 0.29) is 24.3 Å². The fraction of sp³-hybridized carbons (Fsp3) is 0.167. The highest BCUT2D eigenvalue weighted by Gasteiger charge is 2.12. The number of rotatable bonds is 5. The predicted molar refractivity (Wildman–Crippen MR) is 69.9 cm³/mol. The molecule has 0 aliphatic heterocycles. The fourth-order valence-electron chi connectivity index (χ4n) is 1.62. The number of benzene rings is 1. The Balaban J connectivity index is 2.06. The Morgan fingerprint density at radius 3 is 2.75 bits per heavy atom. The van der Waals surface area contributed by atoms with Gasteiger partial charge in [0.05, 0.1) is 23.1 Å². The lowest BCUT2D eigenvalue weighted by Crippen LogP contribution is -2.20. The SMILES string of the molecule is NCc1cn(CC(=O)Nc2ccccc2C(=O)O)nn1. The maximum absolute atomic E-state index is 11.8. The summed E-state index contributed by atoms with van der Waals surface area (Å²) in [7, 11) is 0. The molecule has 0 saturated heterocycles. The number of hydrogen-bond acceptors (Lipinski definition) is 5. The largest absolute Gasteiger partial charge is 0.478 e. The third kappa shape index (κ3) is 3.18. The number of carboxylic acids is 1. The van der Waals surface area contributed by atoms with Crippen LogP contribution in [0.2, 0.25) is 0 Å². The quantitative estimate of drug-likeness (QED) is 0.709. The van der Waals surface area contributed by atoms with Crippen LogP contribution in [0.15, 0.2) is 30.5 Å². The highest BCUT2D eigenvalue weighted by molar-refractivity contribution is 6.00. The Morgan fingerprint density at radius 2 is 2.10 bits per heavy atom. The van der Waals surface area contributed by atoms with E-state index in [1.807, 2.05) is 0 Å². The van der Waals surface area contributed by atoms with E-state index in [2.05, 4.69) is 15.6 Å². The number of nitrogens with two attached hydrogens (primary N) is 1. The van der Waals surface area contributed by atoms with Gasteiger partial charge in [-0.1, -0.05) is 17.3 Å². The molecule has 8 nitrogen and oxygen atoms in total. The van der Waals surface area contributed by atoms with Gasteiger partial charge in [-0.15, -0.1) is 5.10 Å². The van der Waals surface area contributed by atoms with Gasteiger partial charge in [0.15, 0.2) is 0 Å². The summed E-state index contributed by atoms with van der Waals surface area (Å²) in [6, 6.07) is 6.17. The van der Waals surface area contributed by atoms with Crippen LogP contribution >= 0.6 is 0 Å². The van der Waals surface area contributed by atoms with E-state index >= 15 is 0 Å². The minimum absolute atomic E-state index is 0.0297. The molecule has 1 heterocycles. The molecule has 0 fully saturated rings. The van der Waals surface area contributed by atoms with Gasteiger partial charge >= 0.3 is 5.97 Å². The van der Waals surface area contributed by atoms with Gasteiger partial charge in [0.2, 0.25) is 5.91 Å². The number of aromatic carboxylic acids is 1. The number of nitrogens with one attached hydrogen (secondary N) is 1. The molecular weight excluding hydrogens is 262 g/mol. The molecule has 0 aliphatic rings. The minimum Gasteiger partial charge on any atom is -0.478 e. The zero-order valence-corrected chi connectivity index (χ0v) is 10.5. The normalized spacial score (nSPS) is 10.2. The molecule has 104 valence electrons. The summed E-state index contributed by atoms with van der Waals surface area (Å²) < 4.78 is 1.33. The zero-order chi connectivity index (χ0) is 14.5. The number of amides is 1. The van der Waals surface area contributed by atoms with Crippen molar-refractivity contribution < 1.29 is 14.7 Å². The summed E-state index contributed by atoms with van der Waals surface area (Å²) in [6.45, 7) is 0.171. The van der Waals surface area contributed by atoms with Crippen molar-refractivity contribution >= 4 is 17.6 Å². The summed E-state index contributed by atoms with van der Waals surface area (Å²) >= 11 is 0. The molecular formula is C12H13N5O3. The van der Waals surface area contributed by atoms with Crippen molar-refractivity contribution in [3.05, 3.63) is 41.7 Å². The van der Waals surface area contributed by atoms with Crippen LogP contribution in [0, 0.1) is 0 Å². The first kappa shape index (κ1) is 13.7. The van der Waals surface area contributed by atoms with E-state index in [0.717, 1.165) is 0 Å². The summed E-state index contributed by atoms with van der Waals surface area (Å²) in [5.41, 5.74) is 6.23. The van der Waals surface area contributed by atoms with Crippen molar-refractivity contribution in [1.29, 1.82) is 0 Å². The second-order valence-corrected chi connectivity index (χ2v) is 4.01. The van der Waals surface area contributed by atoms with Gasteiger partial charge in [-0.05, 0) is 12.1 Å². The molecule has 2 rings (SSSR count). The van der Waals surface area contributed by atoms with Crippen LogP contribution in [0.25, 0.3) is 0 Å². The van der Waals surface area contributed by atoms with E-state index in [1.54, 1.807) is 18.3 Å². The first-order valence-electron chi connectivity index (χ1n) is 5.81. The molecule has 20 heavy (non-hydrogen) atoms. The Hall–Kier alpha value is -2.74. The number of para-hydroxylation sites is 1. The number of nitrogens with zero attached hydrogens (tertiary/aromatic N) is 3. The molecule has 8 heteroatoms. The minimum atomic E-state index is -1.10. The second-order valence-electron chi connectivity index (χ2n) is 4.01. The first-order chi connectivity index (χ1) is 9.60. The number of carboxylic acid groups (broad SMARTS) is 1. The Kier molecular flexibility index (Phi) is 4.06. The lowest BCUT2D eigenvalue weighted by atomic mass is 10.2. The molecule has 0 saturated carbocycles. The van der Waals surface area contributed by atoms with E-state index in [4.69, 9.17) is 10.8 Å².